The second-order valence-electron chi connectivity index (χ2n) is 4.88. The van der Waals surface area contributed by atoms with Crippen LogP contribution in [0.15, 0.2) is 18.2 Å². The average molecular weight is 278 g/mol. The van der Waals surface area contributed by atoms with E-state index >= 15 is 0 Å². The fourth-order valence-corrected chi connectivity index (χ4v) is 2.02. The summed E-state index contributed by atoms with van der Waals surface area (Å²) in [7, 11) is 0. The molecule has 0 radical (unpaired) electrons. The normalized spacial score (nSPS) is 12.6. The minimum atomic E-state index is -0.350. The maximum absolute atomic E-state index is 13.1. The Morgan fingerprint density at radius 3 is 3.00 bits per heavy atom. The van der Waals surface area contributed by atoms with Crippen molar-refractivity contribution in [2.24, 2.45) is 0 Å². The highest BCUT2D eigenvalue weighted by atomic mass is 19.1. The molecule has 20 heavy (non-hydrogen) atoms. The highest BCUT2D eigenvalue weighted by Crippen LogP contribution is 2.19. The zero-order chi connectivity index (χ0) is 14.7. The number of nitrogens with two attached hydrogens (primary N) is 1. The molecule has 1 aromatic heterocycles. The predicted octanol–water partition coefficient (Wildman–Crippen LogP) is 2.06. The summed E-state index contributed by atoms with van der Waals surface area (Å²) < 4.78 is 14.8. The summed E-state index contributed by atoms with van der Waals surface area (Å²) >= 11 is 0. The summed E-state index contributed by atoms with van der Waals surface area (Å²) in [5.74, 6) is -0.0821. The topological polar surface area (TPSA) is 72.9 Å². The van der Waals surface area contributed by atoms with Crippen molar-refractivity contribution in [2.75, 3.05) is 5.73 Å². The zero-order valence-electron chi connectivity index (χ0n) is 11.7. The average Bonchev–Trinajstić information content (AvgIpc) is 2.70. The van der Waals surface area contributed by atoms with Crippen molar-refractivity contribution in [3.8, 4) is 0 Å². The minimum absolute atomic E-state index is 0.0253. The van der Waals surface area contributed by atoms with Crippen molar-refractivity contribution >= 4 is 22.9 Å². The summed E-state index contributed by atoms with van der Waals surface area (Å²) in [5, 5.41) is 2.90. The van der Waals surface area contributed by atoms with Crippen molar-refractivity contribution in [3.63, 3.8) is 0 Å². The fraction of sp³-hybridized carbons (Fsp3) is 0.429. The largest absolute Gasteiger partial charge is 0.369 e. The number of imidazole rings is 1. The Morgan fingerprint density at radius 2 is 2.30 bits per heavy atom. The van der Waals surface area contributed by atoms with E-state index in [0.717, 1.165) is 11.9 Å². The SMILES string of the molecule is CCC(C)NC(=O)CCn1c(N)nc2cc(F)ccc21. The van der Waals surface area contributed by atoms with Crippen LogP contribution in [0.3, 0.4) is 0 Å². The van der Waals surface area contributed by atoms with Gasteiger partial charge in [-0.15, -0.1) is 0 Å². The molecule has 0 spiro atoms. The molecular formula is C14H19FN4O. The molecule has 0 aliphatic carbocycles. The lowest BCUT2D eigenvalue weighted by Gasteiger charge is -2.12. The Balaban J connectivity index is 2.10. The van der Waals surface area contributed by atoms with E-state index in [1.807, 2.05) is 13.8 Å². The molecule has 1 amide bonds. The van der Waals surface area contributed by atoms with Gasteiger partial charge in [0.05, 0.1) is 11.0 Å². The van der Waals surface area contributed by atoms with Crippen LogP contribution in [0.25, 0.3) is 11.0 Å². The molecule has 0 saturated heterocycles. The van der Waals surface area contributed by atoms with Gasteiger partial charge in [-0.25, -0.2) is 9.37 Å². The molecule has 0 aliphatic rings. The molecule has 1 unspecified atom stereocenters. The molecule has 1 atom stereocenters. The van der Waals surface area contributed by atoms with E-state index < -0.39 is 0 Å². The van der Waals surface area contributed by atoms with Crippen molar-refractivity contribution in [1.82, 2.24) is 14.9 Å². The first-order chi connectivity index (χ1) is 9.51. The third kappa shape index (κ3) is 3.07. The molecule has 2 rings (SSSR count). The van der Waals surface area contributed by atoms with Gasteiger partial charge in [0.2, 0.25) is 11.9 Å². The van der Waals surface area contributed by atoms with E-state index in [1.54, 1.807) is 10.6 Å². The minimum Gasteiger partial charge on any atom is -0.369 e. The number of nitrogens with one attached hydrogen (secondary N) is 1. The van der Waals surface area contributed by atoms with Crippen LogP contribution in [0.5, 0.6) is 0 Å². The molecule has 6 heteroatoms. The first-order valence-electron chi connectivity index (χ1n) is 6.72. The summed E-state index contributed by atoms with van der Waals surface area (Å²) in [5.41, 5.74) is 7.06. The third-order valence-corrected chi connectivity index (χ3v) is 3.32. The predicted molar refractivity (Wildman–Crippen MR) is 76.6 cm³/mol. The van der Waals surface area contributed by atoms with Gasteiger partial charge in [-0.3, -0.25) is 4.79 Å². The highest BCUT2D eigenvalue weighted by Gasteiger charge is 2.11. The number of hydrogen-bond acceptors (Lipinski definition) is 3. The van der Waals surface area contributed by atoms with Gasteiger partial charge in [0, 0.05) is 25.1 Å². The number of amides is 1. The molecule has 0 bridgehead atoms. The molecule has 0 fully saturated rings. The number of carbonyl (C=O) groups is 1. The number of nitrogens with zero attached hydrogens (tertiary/aromatic N) is 2. The molecular weight excluding hydrogens is 259 g/mol. The fourth-order valence-electron chi connectivity index (χ4n) is 2.02. The molecule has 1 heterocycles. The van der Waals surface area contributed by atoms with Crippen LogP contribution in [0.1, 0.15) is 26.7 Å². The van der Waals surface area contributed by atoms with Gasteiger partial charge in [-0.05, 0) is 25.5 Å². The van der Waals surface area contributed by atoms with Crippen molar-refractivity contribution in [2.45, 2.75) is 39.3 Å². The van der Waals surface area contributed by atoms with Gasteiger partial charge in [-0.2, -0.15) is 0 Å². The first kappa shape index (κ1) is 14.3. The maximum Gasteiger partial charge on any atom is 0.222 e. The molecule has 2 aromatic rings. The lowest BCUT2D eigenvalue weighted by atomic mass is 10.2. The van der Waals surface area contributed by atoms with Crippen molar-refractivity contribution in [3.05, 3.63) is 24.0 Å². The number of fused-ring (bicyclic) bond motifs is 1. The highest BCUT2D eigenvalue weighted by molar-refractivity contribution is 5.79. The monoisotopic (exact) mass is 278 g/mol. The summed E-state index contributed by atoms with van der Waals surface area (Å²) in [6.45, 7) is 4.40. The molecule has 3 N–H and O–H groups in total. The van der Waals surface area contributed by atoms with Gasteiger partial charge in [0.1, 0.15) is 5.82 Å². The molecule has 0 aliphatic heterocycles. The van der Waals surface area contributed by atoms with Crippen LogP contribution in [-0.4, -0.2) is 21.5 Å². The van der Waals surface area contributed by atoms with E-state index in [4.69, 9.17) is 5.73 Å². The Labute approximate surface area is 117 Å². The first-order valence-corrected chi connectivity index (χ1v) is 6.72. The Bertz CT molecular complexity index is 623. The summed E-state index contributed by atoms with van der Waals surface area (Å²) in [6, 6.07) is 4.48. The maximum atomic E-state index is 13.1. The third-order valence-electron chi connectivity index (χ3n) is 3.32. The van der Waals surface area contributed by atoms with Gasteiger partial charge < -0.3 is 15.6 Å². The smallest absolute Gasteiger partial charge is 0.222 e. The second-order valence-corrected chi connectivity index (χ2v) is 4.88. The molecule has 0 saturated carbocycles. The number of aryl methyl sites for hydroxylation is 1. The lowest BCUT2D eigenvalue weighted by molar-refractivity contribution is -0.121. The Hall–Kier alpha value is -2.11. The Kier molecular flexibility index (Phi) is 4.22. The standard InChI is InChI=1S/C14H19FN4O/c1-3-9(2)17-13(20)6-7-19-12-5-4-10(15)8-11(12)18-14(19)16/h4-5,8-9H,3,6-7H2,1-2H3,(H2,16,18)(H,17,20). The second kappa shape index (κ2) is 5.90. The Morgan fingerprint density at radius 1 is 1.55 bits per heavy atom. The van der Waals surface area contributed by atoms with Crippen LogP contribution >= 0.6 is 0 Å². The quantitative estimate of drug-likeness (QED) is 0.879. The van der Waals surface area contributed by atoms with Crippen LogP contribution in [-0.2, 0) is 11.3 Å². The molecule has 1 aromatic carbocycles. The van der Waals surface area contributed by atoms with Gasteiger partial charge in [0.15, 0.2) is 0 Å². The number of hydrogen-bond donors (Lipinski definition) is 2. The van der Waals surface area contributed by atoms with Crippen molar-refractivity contribution in [1.29, 1.82) is 0 Å². The van der Waals surface area contributed by atoms with Gasteiger partial charge in [0.25, 0.3) is 0 Å². The van der Waals surface area contributed by atoms with Crippen LogP contribution in [0.4, 0.5) is 10.3 Å². The number of benzene rings is 1. The van der Waals surface area contributed by atoms with E-state index in [9.17, 15) is 9.18 Å². The zero-order valence-corrected chi connectivity index (χ0v) is 11.7. The van der Waals surface area contributed by atoms with E-state index in [1.165, 1.54) is 12.1 Å². The number of nitrogen functional groups attached to an aromatic ring is 1. The lowest BCUT2D eigenvalue weighted by Crippen LogP contribution is -2.32. The number of aromatic nitrogens is 2. The molecule has 108 valence electrons. The van der Waals surface area contributed by atoms with Crippen LogP contribution in [0.2, 0.25) is 0 Å². The van der Waals surface area contributed by atoms with Gasteiger partial charge >= 0.3 is 0 Å². The van der Waals surface area contributed by atoms with Crippen LogP contribution < -0.4 is 11.1 Å². The molecule has 5 nitrogen and oxygen atoms in total. The van der Waals surface area contributed by atoms with Gasteiger partial charge in [-0.1, -0.05) is 6.92 Å². The number of carbonyl (C=O) groups excluding carboxylic acids is 1. The summed E-state index contributed by atoms with van der Waals surface area (Å²) in [4.78, 5) is 15.9. The number of rotatable bonds is 5. The number of anilines is 1. The van der Waals surface area contributed by atoms with E-state index in [-0.39, 0.29) is 17.8 Å². The number of halogens is 1. The van der Waals surface area contributed by atoms with E-state index in [0.29, 0.717) is 24.4 Å². The summed E-state index contributed by atoms with van der Waals surface area (Å²) in [6.07, 6.45) is 1.21. The van der Waals surface area contributed by atoms with Crippen molar-refractivity contribution < 1.29 is 9.18 Å². The van der Waals surface area contributed by atoms with E-state index in [2.05, 4.69) is 10.3 Å². The van der Waals surface area contributed by atoms with Crippen LogP contribution in [0, 0.1) is 5.82 Å².